The number of carbonyl (C=O) groups is 5. The summed E-state index contributed by atoms with van der Waals surface area (Å²) in [4.78, 5) is 72.4. The Bertz CT molecular complexity index is 2490. The number of amides is 5. The number of H-pyrrole nitrogens is 2. The van der Waals surface area contributed by atoms with Crippen LogP contribution in [0.3, 0.4) is 0 Å². The summed E-state index contributed by atoms with van der Waals surface area (Å²) in [6, 6.07) is 19.6. The zero-order valence-electron chi connectivity index (χ0n) is 28.7. The van der Waals surface area contributed by atoms with E-state index in [0.717, 1.165) is 48.7 Å². The molecule has 5 amide bonds. The normalized spacial score (nSPS) is 15.3. The van der Waals surface area contributed by atoms with Crippen molar-refractivity contribution in [1.29, 1.82) is 0 Å². The molecular weight excluding hydrogens is 712 g/mol. The van der Waals surface area contributed by atoms with E-state index in [4.69, 9.17) is 11.6 Å². The fourth-order valence-electron chi connectivity index (χ4n) is 7.20. The van der Waals surface area contributed by atoms with Gasteiger partial charge in [0.1, 0.15) is 11.4 Å². The molecule has 0 aliphatic carbocycles. The topological polar surface area (TPSA) is 147 Å². The van der Waals surface area contributed by atoms with Crippen molar-refractivity contribution in [3.63, 3.8) is 0 Å². The first-order valence-corrected chi connectivity index (χ1v) is 18.8. The predicted octanol–water partition coefficient (Wildman–Crippen LogP) is 7.63. The molecule has 3 aromatic heterocycles. The standard InChI is InChI=1S/C40H34ClN6O5S/c1-22-21-53-33-11-10-32-38(37(22)33)25(19-41)20-47(32)40(52)31-18-24-16-27(7-9-29(24)45-31)43-39(51)30-17-23-15-26(6-8-28(23)44-30)42-34(48)5-3-2-4-14-46-35(49)12-13-36(46)50/h6-10,12-13,15-18,21,25,44-45H,2-5,14,19-20H2,1H3,(H,42,48)(H,43,51)/t25-/m0/s1. The van der Waals surface area contributed by atoms with Gasteiger partial charge in [0.15, 0.2) is 0 Å². The maximum Gasteiger partial charge on any atom is 0.274 e. The van der Waals surface area contributed by atoms with Gasteiger partial charge in [-0.3, -0.25) is 28.9 Å². The van der Waals surface area contributed by atoms with Crippen molar-refractivity contribution in [3.05, 3.63) is 101 Å². The summed E-state index contributed by atoms with van der Waals surface area (Å²) in [5.41, 5.74) is 6.59. The smallest absolute Gasteiger partial charge is 0.274 e. The molecule has 0 unspecified atom stereocenters. The predicted molar refractivity (Wildman–Crippen MR) is 208 cm³/mol. The van der Waals surface area contributed by atoms with Crippen LogP contribution in [0, 0.1) is 13.0 Å². The van der Waals surface area contributed by atoms with E-state index >= 15 is 0 Å². The molecule has 8 rings (SSSR count). The van der Waals surface area contributed by atoms with Crippen LogP contribution in [0.5, 0.6) is 0 Å². The summed E-state index contributed by atoms with van der Waals surface area (Å²) < 4.78 is 1.07. The van der Waals surface area contributed by atoms with Crippen LogP contribution in [0.2, 0.25) is 0 Å². The number of benzene rings is 3. The van der Waals surface area contributed by atoms with E-state index < -0.39 is 0 Å². The van der Waals surface area contributed by atoms with Gasteiger partial charge in [0.25, 0.3) is 23.6 Å². The number of aryl methyl sites for hydroxylation is 1. The average molecular weight is 746 g/mol. The Labute approximate surface area is 313 Å². The molecule has 0 bridgehead atoms. The number of thiophene rings is 1. The highest BCUT2D eigenvalue weighted by atomic mass is 35.5. The van der Waals surface area contributed by atoms with Crippen LogP contribution in [0.4, 0.5) is 17.1 Å². The Balaban J connectivity index is 0.892. The minimum atomic E-state index is -0.335. The Hall–Kier alpha value is -5.72. The molecule has 267 valence electrons. The molecular formula is C40H34ClN6O5S. The molecule has 6 aromatic rings. The van der Waals surface area contributed by atoms with Crippen LogP contribution >= 0.6 is 22.9 Å². The van der Waals surface area contributed by atoms with E-state index in [1.807, 2.05) is 18.2 Å². The molecule has 2 aliphatic heterocycles. The van der Waals surface area contributed by atoms with Crippen LogP contribution in [0.1, 0.15) is 63.7 Å². The quantitative estimate of drug-likeness (QED) is 0.0612. The summed E-state index contributed by atoms with van der Waals surface area (Å²) in [6.45, 7) is 2.91. The number of nitrogens with zero attached hydrogens (tertiary/aromatic N) is 2. The van der Waals surface area contributed by atoms with Gasteiger partial charge in [0, 0.05) is 98.5 Å². The lowest BCUT2D eigenvalue weighted by Crippen LogP contribution is -2.30. The number of carbonyl (C=O) groups excluding carboxylic acids is 5. The first kappa shape index (κ1) is 34.4. The lowest BCUT2D eigenvalue weighted by atomic mass is 9.97. The van der Waals surface area contributed by atoms with Gasteiger partial charge >= 0.3 is 0 Å². The molecule has 13 heteroatoms. The highest BCUT2D eigenvalue weighted by Gasteiger charge is 2.35. The van der Waals surface area contributed by atoms with E-state index in [1.54, 1.807) is 52.6 Å². The summed E-state index contributed by atoms with van der Waals surface area (Å²) in [5, 5.41) is 10.6. The fourth-order valence-corrected chi connectivity index (χ4v) is 8.38. The van der Waals surface area contributed by atoms with Gasteiger partial charge in [-0.25, -0.2) is 0 Å². The summed E-state index contributed by atoms with van der Waals surface area (Å²) in [6.07, 6.45) is 4.80. The number of hydrogen-bond donors (Lipinski definition) is 4. The number of hydrogen-bond acceptors (Lipinski definition) is 6. The van der Waals surface area contributed by atoms with Gasteiger partial charge in [-0.05, 0) is 90.9 Å². The summed E-state index contributed by atoms with van der Waals surface area (Å²) >= 11 is 8.06. The number of anilines is 3. The number of fused-ring (bicyclic) bond motifs is 5. The average Bonchev–Trinajstić information content (AvgIpc) is 3.98. The van der Waals surface area contributed by atoms with Crippen molar-refractivity contribution < 1.29 is 24.0 Å². The van der Waals surface area contributed by atoms with Crippen molar-refractivity contribution in [2.24, 2.45) is 0 Å². The SMILES string of the molecule is Cc1csc2[c]cc3c(c12)[C@@H](CCl)CN3C(=O)c1cc2cc(NC(=O)c3cc4cc(NC(=O)CCCCCN5C(=O)C=CC5=O)ccc4[nH]3)ccc2[nH]1. The Morgan fingerprint density at radius 2 is 1.58 bits per heavy atom. The van der Waals surface area contributed by atoms with Crippen LogP contribution in [-0.4, -0.2) is 63.4 Å². The number of aromatic nitrogens is 2. The number of nitrogens with one attached hydrogen (secondary N) is 4. The molecule has 53 heavy (non-hydrogen) atoms. The number of rotatable bonds is 11. The molecule has 3 aromatic carbocycles. The maximum absolute atomic E-state index is 13.9. The van der Waals surface area contributed by atoms with Crippen molar-refractivity contribution in [2.45, 2.75) is 38.5 Å². The molecule has 1 radical (unpaired) electrons. The molecule has 0 saturated heterocycles. The van der Waals surface area contributed by atoms with Crippen molar-refractivity contribution in [2.75, 3.05) is 34.5 Å². The zero-order valence-corrected chi connectivity index (χ0v) is 30.2. The van der Waals surface area contributed by atoms with Gasteiger partial charge in [-0.1, -0.05) is 6.42 Å². The second kappa shape index (κ2) is 14.0. The Kier molecular flexibility index (Phi) is 9.09. The minimum Gasteiger partial charge on any atom is -0.351 e. The molecule has 0 saturated carbocycles. The molecule has 0 fully saturated rings. The highest BCUT2D eigenvalue weighted by molar-refractivity contribution is 7.17. The highest BCUT2D eigenvalue weighted by Crippen LogP contribution is 2.45. The molecule has 11 nitrogen and oxygen atoms in total. The first-order chi connectivity index (χ1) is 25.7. The third kappa shape index (κ3) is 6.60. The van der Waals surface area contributed by atoms with Crippen LogP contribution in [-0.2, 0) is 14.4 Å². The third-order valence-electron chi connectivity index (χ3n) is 9.84. The van der Waals surface area contributed by atoms with Crippen LogP contribution in [0.15, 0.2) is 72.1 Å². The monoisotopic (exact) mass is 745 g/mol. The zero-order chi connectivity index (χ0) is 36.8. The largest absolute Gasteiger partial charge is 0.351 e. The van der Waals surface area contributed by atoms with Gasteiger partial charge in [0.05, 0.1) is 0 Å². The molecule has 5 heterocycles. The third-order valence-corrected chi connectivity index (χ3v) is 11.2. The number of halogens is 1. The van der Waals surface area contributed by atoms with Gasteiger partial charge in [0.2, 0.25) is 5.91 Å². The lowest BCUT2D eigenvalue weighted by Gasteiger charge is -2.16. The number of alkyl halides is 1. The van der Waals surface area contributed by atoms with E-state index in [9.17, 15) is 24.0 Å². The van der Waals surface area contributed by atoms with E-state index in [-0.39, 0.29) is 35.5 Å². The molecule has 4 N–H and O–H groups in total. The maximum atomic E-state index is 13.9. The van der Waals surface area contributed by atoms with Crippen LogP contribution < -0.4 is 15.5 Å². The van der Waals surface area contributed by atoms with E-state index in [0.29, 0.717) is 67.4 Å². The minimum absolute atomic E-state index is 0.0242. The number of aromatic amines is 2. The molecule has 0 spiro atoms. The van der Waals surface area contributed by atoms with Crippen molar-refractivity contribution in [3.8, 4) is 0 Å². The number of imide groups is 1. The Morgan fingerprint density at radius 3 is 2.30 bits per heavy atom. The van der Waals surface area contributed by atoms with Crippen LogP contribution in [0.25, 0.3) is 31.9 Å². The van der Waals surface area contributed by atoms with Crippen molar-refractivity contribution >= 4 is 101 Å². The second-order valence-corrected chi connectivity index (χ2v) is 14.6. The van der Waals surface area contributed by atoms with Gasteiger partial charge < -0.3 is 25.5 Å². The summed E-state index contributed by atoms with van der Waals surface area (Å²) in [7, 11) is 0. The lowest BCUT2D eigenvalue weighted by molar-refractivity contribution is -0.136. The summed E-state index contributed by atoms with van der Waals surface area (Å²) in [5.74, 6) is -0.792. The molecule has 2 aliphatic rings. The van der Waals surface area contributed by atoms with Gasteiger partial charge in [-0.15, -0.1) is 22.9 Å². The second-order valence-electron chi connectivity index (χ2n) is 13.4. The molecule has 1 atom stereocenters. The van der Waals surface area contributed by atoms with E-state index in [1.165, 1.54) is 17.1 Å². The fraction of sp³-hybridized carbons (Fsp3) is 0.225. The first-order valence-electron chi connectivity index (χ1n) is 17.4. The van der Waals surface area contributed by atoms with E-state index in [2.05, 4.69) is 39.0 Å². The van der Waals surface area contributed by atoms with Crippen molar-refractivity contribution in [1.82, 2.24) is 14.9 Å². The Morgan fingerprint density at radius 1 is 0.906 bits per heavy atom. The number of unbranched alkanes of at least 4 members (excludes halogenated alkanes) is 2. The van der Waals surface area contributed by atoms with Gasteiger partial charge in [-0.2, -0.15) is 0 Å².